The van der Waals surface area contributed by atoms with Gasteiger partial charge in [0.15, 0.2) is 0 Å². The summed E-state index contributed by atoms with van der Waals surface area (Å²) in [7, 11) is 0. The molecule has 0 aliphatic carbocycles. The summed E-state index contributed by atoms with van der Waals surface area (Å²) in [4.78, 5) is 34.8. The number of hydrogen-bond donors (Lipinski definition) is 0. The van der Waals surface area contributed by atoms with Crippen LogP contribution in [-0.2, 0) is 16.1 Å². The molecule has 1 aromatic carbocycles. The van der Waals surface area contributed by atoms with Crippen molar-refractivity contribution < 1.29 is 14.3 Å². The van der Waals surface area contributed by atoms with Gasteiger partial charge in [-0.05, 0) is 32.8 Å². The first-order valence-corrected chi connectivity index (χ1v) is 12.8. The number of carbonyl (C=O) groups excluding carboxylic acids is 2. The van der Waals surface area contributed by atoms with Gasteiger partial charge in [-0.2, -0.15) is 0 Å². The summed E-state index contributed by atoms with van der Waals surface area (Å²) in [5, 5.41) is 0. The Morgan fingerprint density at radius 1 is 1.06 bits per heavy atom. The van der Waals surface area contributed by atoms with E-state index in [1.807, 2.05) is 25.7 Å². The van der Waals surface area contributed by atoms with Gasteiger partial charge in [0.2, 0.25) is 5.91 Å². The van der Waals surface area contributed by atoms with Crippen molar-refractivity contribution in [2.45, 2.75) is 51.4 Å². The fourth-order valence-electron chi connectivity index (χ4n) is 4.76. The van der Waals surface area contributed by atoms with Crippen LogP contribution in [0.5, 0.6) is 0 Å². The van der Waals surface area contributed by atoms with Crippen LogP contribution < -0.4 is 0 Å². The van der Waals surface area contributed by atoms with E-state index in [2.05, 4.69) is 40.1 Å². The standard InChI is InChI=1S/C24H36N4O3S/c1-24(2,3)31-23(30)28-17-20(15-21(28)22(29)27-13-14-32-18-27)26-11-9-25(10-12-26)16-19-7-5-4-6-8-19/h4-8,20-21H,9-18H2,1-3H3/t20-,21-/m0/s1. The predicted octanol–water partition coefficient (Wildman–Crippen LogP) is 2.72. The number of likely N-dealkylation sites (tertiary alicyclic amines) is 1. The lowest BCUT2D eigenvalue weighted by atomic mass is 10.1. The Morgan fingerprint density at radius 3 is 2.41 bits per heavy atom. The van der Waals surface area contributed by atoms with Crippen molar-refractivity contribution in [3.63, 3.8) is 0 Å². The van der Waals surface area contributed by atoms with Crippen LogP contribution in [0.3, 0.4) is 0 Å². The first-order chi connectivity index (χ1) is 15.3. The van der Waals surface area contributed by atoms with Gasteiger partial charge in [-0.15, -0.1) is 11.8 Å². The van der Waals surface area contributed by atoms with Crippen molar-refractivity contribution in [2.75, 3.05) is 50.9 Å². The largest absolute Gasteiger partial charge is 0.444 e. The van der Waals surface area contributed by atoms with Crippen LogP contribution in [0.15, 0.2) is 30.3 Å². The fourth-order valence-corrected chi connectivity index (χ4v) is 5.72. The number of carbonyl (C=O) groups is 2. The maximum atomic E-state index is 13.2. The van der Waals surface area contributed by atoms with Crippen LogP contribution in [0.25, 0.3) is 0 Å². The monoisotopic (exact) mass is 460 g/mol. The van der Waals surface area contributed by atoms with Crippen molar-refractivity contribution in [3.8, 4) is 0 Å². The summed E-state index contributed by atoms with van der Waals surface area (Å²) in [5.41, 5.74) is 0.766. The molecule has 0 radical (unpaired) electrons. The van der Waals surface area contributed by atoms with Crippen molar-refractivity contribution >= 4 is 23.8 Å². The quantitative estimate of drug-likeness (QED) is 0.689. The van der Waals surface area contributed by atoms with Crippen molar-refractivity contribution in [1.29, 1.82) is 0 Å². The topological polar surface area (TPSA) is 56.3 Å². The van der Waals surface area contributed by atoms with Gasteiger partial charge < -0.3 is 9.64 Å². The molecular formula is C24H36N4O3S. The van der Waals surface area contributed by atoms with Gasteiger partial charge in [-0.3, -0.25) is 19.5 Å². The van der Waals surface area contributed by atoms with Crippen LogP contribution in [0.4, 0.5) is 4.79 Å². The van der Waals surface area contributed by atoms with Gasteiger partial charge in [0.1, 0.15) is 11.6 Å². The summed E-state index contributed by atoms with van der Waals surface area (Å²) in [6.45, 7) is 11.8. The molecule has 3 heterocycles. The summed E-state index contributed by atoms with van der Waals surface area (Å²) >= 11 is 1.77. The number of thioether (sulfide) groups is 1. The van der Waals surface area contributed by atoms with E-state index in [1.54, 1.807) is 16.7 Å². The maximum Gasteiger partial charge on any atom is 0.411 e. The van der Waals surface area contributed by atoms with Crippen LogP contribution in [0.1, 0.15) is 32.8 Å². The van der Waals surface area contributed by atoms with Gasteiger partial charge >= 0.3 is 6.09 Å². The molecule has 0 bridgehead atoms. The van der Waals surface area contributed by atoms with Crippen LogP contribution >= 0.6 is 11.8 Å². The summed E-state index contributed by atoms with van der Waals surface area (Å²) in [6, 6.07) is 10.4. The molecule has 7 nitrogen and oxygen atoms in total. The lowest BCUT2D eigenvalue weighted by Gasteiger charge is -2.38. The van der Waals surface area contributed by atoms with Crippen molar-refractivity contribution in [1.82, 2.24) is 19.6 Å². The van der Waals surface area contributed by atoms with Crippen LogP contribution in [0.2, 0.25) is 0 Å². The zero-order chi connectivity index (χ0) is 22.7. The minimum atomic E-state index is -0.574. The van der Waals surface area contributed by atoms with Crippen molar-refractivity contribution in [2.24, 2.45) is 0 Å². The third kappa shape index (κ3) is 5.77. The summed E-state index contributed by atoms with van der Waals surface area (Å²) in [6.07, 6.45) is 0.325. The van der Waals surface area contributed by atoms with E-state index < -0.39 is 11.6 Å². The minimum absolute atomic E-state index is 0.0751. The second kappa shape index (κ2) is 10.0. The van der Waals surface area contributed by atoms with E-state index in [4.69, 9.17) is 4.74 Å². The van der Waals surface area contributed by atoms with Gasteiger partial charge in [0, 0.05) is 57.6 Å². The van der Waals surface area contributed by atoms with E-state index in [0.717, 1.165) is 50.9 Å². The smallest absolute Gasteiger partial charge is 0.411 e. The molecule has 0 spiro atoms. The summed E-state index contributed by atoms with van der Waals surface area (Å²) < 4.78 is 5.67. The first kappa shape index (κ1) is 23.4. The fraction of sp³-hybridized carbons (Fsp3) is 0.667. The molecule has 0 unspecified atom stereocenters. The van der Waals surface area contributed by atoms with Crippen LogP contribution in [-0.4, -0.2) is 100 Å². The lowest BCUT2D eigenvalue weighted by Crippen LogP contribution is -2.51. The van der Waals surface area contributed by atoms with E-state index >= 15 is 0 Å². The normalized spacial score (nSPS) is 25.3. The van der Waals surface area contributed by atoms with Gasteiger partial charge in [0.25, 0.3) is 0 Å². The third-order valence-electron chi connectivity index (χ3n) is 6.43. The molecule has 176 valence electrons. The zero-order valence-corrected chi connectivity index (χ0v) is 20.4. The Kier molecular flexibility index (Phi) is 7.32. The number of amides is 2. The van der Waals surface area contributed by atoms with E-state index in [-0.39, 0.29) is 18.0 Å². The summed E-state index contributed by atoms with van der Waals surface area (Å²) in [5.74, 6) is 1.77. The molecule has 32 heavy (non-hydrogen) atoms. The number of hydrogen-bond acceptors (Lipinski definition) is 6. The second-order valence-electron chi connectivity index (χ2n) is 9.97. The Balaban J connectivity index is 1.38. The molecule has 0 saturated carbocycles. The van der Waals surface area contributed by atoms with Crippen LogP contribution in [0, 0.1) is 0 Å². The molecule has 0 aromatic heterocycles. The Bertz CT molecular complexity index is 786. The molecule has 3 fully saturated rings. The Labute approximate surface area is 196 Å². The molecule has 0 N–H and O–H groups in total. The van der Waals surface area contributed by atoms with E-state index in [0.29, 0.717) is 13.0 Å². The van der Waals surface area contributed by atoms with Gasteiger partial charge in [-0.25, -0.2) is 4.79 Å². The first-order valence-electron chi connectivity index (χ1n) is 11.7. The number of benzene rings is 1. The van der Waals surface area contributed by atoms with Gasteiger partial charge in [0.05, 0.1) is 5.88 Å². The molecular weight excluding hydrogens is 424 g/mol. The van der Waals surface area contributed by atoms with E-state index in [1.165, 1.54) is 5.56 Å². The van der Waals surface area contributed by atoms with E-state index in [9.17, 15) is 9.59 Å². The highest BCUT2D eigenvalue weighted by atomic mass is 32.2. The molecule has 3 saturated heterocycles. The Hall–Kier alpha value is -1.77. The number of ether oxygens (including phenoxy) is 1. The van der Waals surface area contributed by atoms with Gasteiger partial charge in [-0.1, -0.05) is 30.3 Å². The SMILES string of the molecule is CC(C)(C)OC(=O)N1C[C@@H](N2CCN(Cc3ccccc3)CC2)C[C@H]1C(=O)N1CCSC1. The second-order valence-corrected chi connectivity index (χ2v) is 11.0. The maximum absolute atomic E-state index is 13.2. The lowest BCUT2D eigenvalue weighted by molar-refractivity contribution is -0.134. The molecule has 3 aliphatic heterocycles. The molecule has 1 aromatic rings. The molecule has 3 aliphatic rings. The number of nitrogens with zero attached hydrogens (tertiary/aromatic N) is 4. The Morgan fingerprint density at radius 2 is 1.78 bits per heavy atom. The highest BCUT2D eigenvalue weighted by Gasteiger charge is 2.45. The number of piperazine rings is 1. The third-order valence-corrected chi connectivity index (χ3v) is 7.39. The number of rotatable bonds is 4. The molecule has 8 heteroatoms. The zero-order valence-electron chi connectivity index (χ0n) is 19.5. The minimum Gasteiger partial charge on any atom is -0.444 e. The highest BCUT2D eigenvalue weighted by Crippen LogP contribution is 2.28. The average molecular weight is 461 g/mol. The molecule has 4 rings (SSSR count). The highest BCUT2D eigenvalue weighted by molar-refractivity contribution is 7.99. The molecule has 2 amide bonds. The van der Waals surface area contributed by atoms with Crippen molar-refractivity contribution in [3.05, 3.63) is 35.9 Å². The molecule has 2 atom stereocenters. The predicted molar refractivity (Wildman–Crippen MR) is 127 cm³/mol. The average Bonchev–Trinajstić information content (AvgIpc) is 3.44.